The Labute approximate surface area is 101 Å². The Bertz CT molecular complexity index is 323. The zero-order chi connectivity index (χ0) is 10.8. The Morgan fingerprint density at radius 2 is 2.33 bits per heavy atom. The van der Waals surface area contributed by atoms with Crippen LogP contribution >= 0.6 is 22.9 Å². The van der Waals surface area contributed by atoms with Gasteiger partial charge in [-0.05, 0) is 38.0 Å². The summed E-state index contributed by atoms with van der Waals surface area (Å²) in [7, 11) is 0. The van der Waals surface area contributed by atoms with Crippen LogP contribution in [0.3, 0.4) is 0 Å². The molecule has 1 aliphatic rings. The SMILES string of the molecule is CCC1CCC(Cl)CC1c1scnc1C. The van der Waals surface area contributed by atoms with Crippen molar-refractivity contribution in [2.75, 3.05) is 0 Å². The Morgan fingerprint density at radius 1 is 1.53 bits per heavy atom. The van der Waals surface area contributed by atoms with E-state index in [-0.39, 0.29) is 0 Å². The highest BCUT2D eigenvalue weighted by Crippen LogP contribution is 2.43. The van der Waals surface area contributed by atoms with Crippen molar-refractivity contribution in [2.45, 2.75) is 50.8 Å². The maximum atomic E-state index is 6.29. The highest BCUT2D eigenvalue weighted by molar-refractivity contribution is 7.09. The quantitative estimate of drug-likeness (QED) is 0.704. The summed E-state index contributed by atoms with van der Waals surface area (Å²) < 4.78 is 0. The van der Waals surface area contributed by atoms with Gasteiger partial charge in [-0.3, -0.25) is 0 Å². The van der Waals surface area contributed by atoms with E-state index in [0.717, 1.165) is 12.3 Å². The van der Waals surface area contributed by atoms with Crippen molar-refractivity contribution in [1.29, 1.82) is 0 Å². The van der Waals surface area contributed by atoms with Crippen LogP contribution in [0.4, 0.5) is 0 Å². The average molecular weight is 244 g/mol. The second kappa shape index (κ2) is 4.84. The number of thiazole rings is 1. The van der Waals surface area contributed by atoms with Crippen molar-refractivity contribution in [2.24, 2.45) is 5.92 Å². The number of nitrogens with zero attached hydrogens (tertiary/aromatic N) is 1. The Kier molecular flexibility index (Phi) is 3.68. The average Bonchev–Trinajstić information content (AvgIpc) is 2.64. The third-order valence-corrected chi connectivity index (χ3v) is 5.03. The number of hydrogen-bond donors (Lipinski definition) is 0. The second-order valence-corrected chi connectivity index (χ2v) is 5.99. The van der Waals surface area contributed by atoms with Crippen LogP contribution in [0.2, 0.25) is 0 Å². The molecule has 84 valence electrons. The minimum absolute atomic E-state index is 0.374. The minimum Gasteiger partial charge on any atom is -0.250 e. The lowest BCUT2D eigenvalue weighted by molar-refractivity contribution is 0.305. The van der Waals surface area contributed by atoms with E-state index in [9.17, 15) is 0 Å². The predicted octanol–water partition coefficient (Wildman–Crippen LogP) is 4.35. The van der Waals surface area contributed by atoms with Gasteiger partial charge in [0.05, 0.1) is 11.2 Å². The van der Waals surface area contributed by atoms with E-state index >= 15 is 0 Å². The molecule has 0 N–H and O–H groups in total. The fourth-order valence-electron chi connectivity index (χ4n) is 2.66. The lowest BCUT2D eigenvalue weighted by Gasteiger charge is -2.33. The maximum Gasteiger partial charge on any atom is 0.0797 e. The van der Waals surface area contributed by atoms with E-state index in [1.54, 1.807) is 0 Å². The summed E-state index contributed by atoms with van der Waals surface area (Å²) in [6, 6.07) is 0. The molecule has 1 aromatic heterocycles. The molecule has 1 nitrogen and oxygen atoms in total. The van der Waals surface area contributed by atoms with Crippen molar-refractivity contribution in [3.8, 4) is 0 Å². The molecule has 1 fully saturated rings. The summed E-state index contributed by atoms with van der Waals surface area (Å²) in [5, 5.41) is 0.374. The number of hydrogen-bond acceptors (Lipinski definition) is 2. The fraction of sp³-hybridized carbons (Fsp3) is 0.750. The predicted molar refractivity (Wildman–Crippen MR) is 66.9 cm³/mol. The molecule has 1 heterocycles. The van der Waals surface area contributed by atoms with E-state index < -0.39 is 0 Å². The van der Waals surface area contributed by atoms with Crippen LogP contribution < -0.4 is 0 Å². The molecular formula is C12H18ClNS. The normalized spacial score (nSPS) is 31.8. The van der Waals surface area contributed by atoms with Gasteiger partial charge in [0.1, 0.15) is 0 Å². The minimum atomic E-state index is 0.374. The van der Waals surface area contributed by atoms with Gasteiger partial charge in [-0.1, -0.05) is 13.3 Å². The van der Waals surface area contributed by atoms with Gasteiger partial charge in [-0.2, -0.15) is 0 Å². The van der Waals surface area contributed by atoms with E-state index in [2.05, 4.69) is 18.8 Å². The van der Waals surface area contributed by atoms with Gasteiger partial charge in [-0.15, -0.1) is 22.9 Å². The molecule has 0 aromatic carbocycles. The lowest BCUT2D eigenvalue weighted by Crippen LogP contribution is -2.23. The van der Waals surface area contributed by atoms with Gasteiger partial charge >= 0.3 is 0 Å². The molecule has 3 atom stereocenters. The monoisotopic (exact) mass is 243 g/mol. The first-order chi connectivity index (χ1) is 7.22. The molecule has 2 rings (SSSR count). The summed E-state index contributed by atoms with van der Waals surface area (Å²) in [4.78, 5) is 5.84. The number of rotatable bonds is 2. The van der Waals surface area contributed by atoms with Crippen molar-refractivity contribution in [1.82, 2.24) is 4.98 Å². The standard InChI is InChI=1S/C12H18ClNS/c1-3-9-4-5-10(13)6-11(9)12-8(2)14-7-15-12/h7,9-11H,3-6H2,1-2H3. The summed E-state index contributed by atoms with van der Waals surface area (Å²) in [6.45, 7) is 4.42. The second-order valence-electron chi connectivity index (χ2n) is 4.49. The van der Waals surface area contributed by atoms with Crippen molar-refractivity contribution in [3.63, 3.8) is 0 Å². The van der Waals surface area contributed by atoms with Crippen molar-refractivity contribution >= 4 is 22.9 Å². The maximum absolute atomic E-state index is 6.29. The van der Waals surface area contributed by atoms with Gasteiger partial charge in [-0.25, -0.2) is 4.98 Å². The third-order valence-electron chi connectivity index (χ3n) is 3.57. The summed E-state index contributed by atoms with van der Waals surface area (Å²) in [5.74, 6) is 1.48. The Morgan fingerprint density at radius 3 is 2.93 bits per heavy atom. The molecule has 1 aromatic rings. The first kappa shape index (κ1) is 11.4. The van der Waals surface area contributed by atoms with Crippen LogP contribution in [0.25, 0.3) is 0 Å². The molecule has 1 aliphatic carbocycles. The molecule has 0 amide bonds. The largest absolute Gasteiger partial charge is 0.250 e. The Balaban J connectivity index is 2.20. The Hall–Kier alpha value is -0.0800. The first-order valence-electron chi connectivity index (χ1n) is 5.76. The van der Waals surface area contributed by atoms with Crippen LogP contribution in [0.15, 0.2) is 5.51 Å². The van der Waals surface area contributed by atoms with Gasteiger partial charge in [0.25, 0.3) is 0 Å². The van der Waals surface area contributed by atoms with Gasteiger partial charge in [0, 0.05) is 10.3 Å². The smallest absolute Gasteiger partial charge is 0.0797 e. The lowest BCUT2D eigenvalue weighted by atomic mass is 9.76. The highest BCUT2D eigenvalue weighted by Gasteiger charge is 2.31. The van der Waals surface area contributed by atoms with Crippen LogP contribution in [0.5, 0.6) is 0 Å². The summed E-state index contributed by atoms with van der Waals surface area (Å²) in [5.41, 5.74) is 3.18. The molecule has 0 saturated heterocycles. The van der Waals surface area contributed by atoms with Gasteiger partial charge in [0.2, 0.25) is 0 Å². The topological polar surface area (TPSA) is 12.9 Å². The number of alkyl halides is 1. The molecular weight excluding hydrogens is 226 g/mol. The van der Waals surface area contributed by atoms with E-state index in [0.29, 0.717) is 11.3 Å². The van der Waals surface area contributed by atoms with Crippen LogP contribution in [0.1, 0.15) is 49.1 Å². The first-order valence-corrected chi connectivity index (χ1v) is 7.08. The summed E-state index contributed by atoms with van der Waals surface area (Å²) >= 11 is 8.09. The fourth-order valence-corrected chi connectivity index (χ4v) is 3.99. The molecule has 15 heavy (non-hydrogen) atoms. The van der Waals surface area contributed by atoms with Crippen LogP contribution in [-0.2, 0) is 0 Å². The van der Waals surface area contributed by atoms with Gasteiger partial charge in [0.15, 0.2) is 0 Å². The molecule has 0 radical (unpaired) electrons. The van der Waals surface area contributed by atoms with E-state index in [4.69, 9.17) is 11.6 Å². The van der Waals surface area contributed by atoms with E-state index in [1.165, 1.54) is 29.8 Å². The number of halogens is 1. The molecule has 3 heteroatoms. The molecule has 3 unspecified atom stereocenters. The third kappa shape index (κ3) is 2.36. The molecule has 0 bridgehead atoms. The van der Waals surface area contributed by atoms with Crippen molar-refractivity contribution in [3.05, 3.63) is 16.1 Å². The van der Waals surface area contributed by atoms with Crippen LogP contribution in [-0.4, -0.2) is 10.4 Å². The zero-order valence-electron chi connectivity index (χ0n) is 9.37. The molecule has 0 spiro atoms. The van der Waals surface area contributed by atoms with Crippen LogP contribution in [0, 0.1) is 12.8 Å². The summed E-state index contributed by atoms with van der Waals surface area (Å²) in [6.07, 6.45) is 4.88. The molecule has 0 aliphatic heterocycles. The zero-order valence-corrected chi connectivity index (χ0v) is 10.9. The highest BCUT2D eigenvalue weighted by atomic mass is 35.5. The molecule has 1 saturated carbocycles. The van der Waals surface area contributed by atoms with Gasteiger partial charge < -0.3 is 0 Å². The number of aromatic nitrogens is 1. The van der Waals surface area contributed by atoms with E-state index in [1.807, 2.05) is 16.8 Å². The van der Waals surface area contributed by atoms with Crippen molar-refractivity contribution < 1.29 is 0 Å². The number of aryl methyl sites for hydroxylation is 1.